The number of hydrogen-bond donors (Lipinski definition) is 1. The summed E-state index contributed by atoms with van der Waals surface area (Å²) in [5, 5.41) is 3.38. The molecule has 3 rings (SSSR count). The minimum Gasteiger partial charge on any atom is -0.340 e. The summed E-state index contributed by atoms with van der Waals surface area (Å²) >= 11 is 0. The summed E-state index contributed by atoms with van der Waals surface area (Å²) < 4.78 is 2.16. The van der Waals surface area contributed by atoms with Crippen LogP contribution in [0.3, 0.4) is 0 Å². The lowest BCUT2D eigenvalue weighted by molar-refractivity contribution is 0.444. The predicted octanol–water partition coefficient (Wildman–Crippen LogP) is 2.06. The van der Waals surface area contributed by atoms with E-state index in [9.17, 15) is 0 Å². The second-order valence-corrected chi connectivity index (χ2v) is 5.01. The maximum absolute atomic E-state index is 4.55. The molecule has 1 saturated heterocycles. The average Bonchev–Trinajstić information content (AvgIpc) is 2.98. The Kier molecular flexibility index (Phi) is 3.51. The minimum atomic E-state index is 0.565. The lowest BCUT2D eigenvalue weighted by atomic mass is 10.1. The van der Waals surface area contributed by atoms with Crippen molar-refractivity contribution in [1.29, 1.82) is 0 Å². The van der Waals surface area contributed by atoms with E-state index in [1.807, 2.05) is 25.5 Å². The Balaban J connectivity index is 1.88. The Bertz CT molecular complexity index is 520. The van der Waals surface area contributed by atoms with Crippen LogP contribution in [0.5, 0.6) is 0 Å². The molecule has 0 saturated carbocycles. The molecule has 0 bridgehead atoms. The van der Waals surface area contributed by atoms with E-state index in [-0.39, 0.29) is 0 Å². The molecule has 4 nitrogen and oxygen atoms in total. The van der Waals surface area contributed by atoms with Crippen LogP contribution in [0, 0.1) is 0 Å². The molecule has 2 heterocycles. The van der Waals surface area contributed by atoms with Gasteiger partial charge in [-0.3, -0.25) is 4.57 Å². The van der Waals surface area contributed by atoms with Gasteiger partial charge in [-0.1, -0.05) is 18.2 Å². The Morgan fingerprint density at radius 2 is 2.11 bits per heavy atom. The fourth-order valence-corrected chi connectivity index (χ4v) is 2.71. The summed E-state index contributed by atoms with van der Waals surface area (Å²) in [5.74, 6) is 1.05. The highest BCUT2D eigenvalue weighted by molar-refractivity contribution is 5.44. The molecule has 19 heavy (non-hydrogen) atoms. The highest BCUT2D eigenvalue weighted by Gasteiger charge is 2.21. The van der Waals surface area contributed by atoms with Gasteiger partial charge >= 0.3 is 0 Å². The van der Waals surface area contributed by atoms with Crippen molar-refractivity contribution in [1.82, 2.24) is 14.9 Å². The normalized spacial score (nSPS) is 19.6. The van der Waals surface area contributed by atoms with Gasteiger partial charge in [-0.15, -0.1) is 0 Å². The zero-order chi connectivity index (χ0) is 13.1. The summed E-state index contributed by atoms with van der Waals surface area (Å²) in [7, 11) is 2.04. The van der Waals surface area contributed by atoms with Crippen LogP contribution >= 0.6 is 0 Å². The van der Waals surface area contributed by atoms with Gasteiger partial charge in [0.1, 0.15) is 0 Å². The highest BCUT2D eigenvalue weighted by atomic mass is 15.3. The first-order valence-electron chi connectivity index (χ1n) is 6.89. The van der Waals surface area contributed by atoms with E-state index in [0.29, 0.717) is 6.04 Å². The molecule has 4 heteroatoms. The molecule has 0 spiro atoms. The Morgan fingerprint density at radius 1 is 1.26 bits per heavy atom. The van der Waals surface area contributed by atoms with E-state index in [1.54, 1.807) is 0 Å². The third kappa shape index (κ3) is 2.49. The van der Waals surface area contributed by atoms with Crippen LogP contribution in [-0.2, 0) is 0 Å². The standard InChI is InChI=1S/C15H20N4/c1-16-13-6-5-10-18(12-13)15-17-9-11-19(15)14-7-3-2-4-8-14/h2-4,7-9,11,13,16H,5-6,10,12H2,1H3. The largest absolute Gasteiger partial charge is 0.340 e. The van der Waals surface area contributed by atoms with E-state index in [0.717, 1.165) is 19.0 Å². The average molecular weight is 256 g/mol. The summed E-state index contributed by atoms with van der Waals surface area (Å²) in [6, 6.07) is 11.0. The van der Waals surface area contributed by atoms with Crippen molar-refractivity contribution in [3.8, 4) is 5.69 Å². The zero-order valence-electron chi connectivity index (χ0n) is 11.3. The van der Waals surface area contributed by atoms with Gasteiger partial charge in [-0.25, -0.2) is 4.98 Å². The lowest BCUT2D eigenvalue weighted by Gasteiger charge is -2.33. The fraction of sp³-hybridized carbons (Fsp3) is 0.400. The quantitative estimate of drug-likeness (QED) is 0.912. The van der Waals surface area contributed by atoms with Gasteiger partial charge in [0.05, 0.1) is 0 Å². The molecular weight excluding hydrogens is 236 g/mol. The van der Waals surface area contributed by atoms with Crippen LogP contribution < -0.4 is 10.2 Å². The van der Waals surface area contributed by atoms with E-state index in [2.05, 4.69) is 44.0 Å². The van der Waals surface area contributed by atoms with Crippen molar-refractivity contribution in [3.05, 3.63) is 42.7 Å². The maximum Gasteiger partial charge on any atom is 0.210 e. The molecule has 0 amide bonds. The number of rotatable bonds is 3. The second kappa shape index (κ2) is 5.45. The molecule has 100 valence electrons. The summed E-state index contributed by atoms with van der Waals surface area (Å²) in [6.45, 7) is 2.11. The van der Waals surface area contributed by atoms with Crippen molar-refractivity contribution in [2.75, 3.05) is 25.0 Å². The topological polar surface area (TPSA) is 33.1 Å². The number of para-hydroxylation sites is 1. The third-order valence-corrected chi connectivity index (χ3v) is 3.77. The van der Waals surface area contributed by atoms with Crippen molar-refractivity contribution in [2.24, 2.45) is 0 Å². The van der Waals surface area contributed by atoms with Crippen molar-refractivity contribution < 1.29 is 0 Å². The first-order valence-corrected chi connectivity index (χ1v) is 6.89. The molecule has 1 aromatic carbocycles. The fourth-order valence-electron chi connectivity index (χ4n) is 2.71. The number of aromatic nitrogens is 2. The van der Waals surface area contributed by atoms with Gasteiger partial charge in [0.25, 0.3) is 0 Å². The molecule has 1 aromatic heterocycles. The number of nitrogens with one attached hydrogen (secondary N) is 1. The number of imidazole rings is 1. The number of anilines is 1. The number of likely N-dealkylation sites (N-methyl/N-ethyl adjacent to an activating group) is 1. The van der Waals surface area contributed by atoms with Crippen molar-refractivity contribution >= 4 is 5.95 Å². The predicted molar refractivity (Wildman–Crippen MR) is 77.9 cm³/mol. The SMILES string of the molecule is CNC1CCCN(c2nccn2-c2ccccc2)C1. The van der Waals surface area contributed by atoms with Crippen LogP contribution in [0.2, 0.25) is 0 Å². The molecular formula is C15H20N4. The Labute approximate surface area is 114 Å². The zero-order valence-corrected chi connectivity index (χ0v) is 11.3. The van der Waals surface area contributed by atoms with Gasteiger partial charge in [0.2, 0.25) is 5.95 Å². The molecule has 1 unspecified atom stereocenters. The van der Waals surface area contributed by atoms with Crippen molar-refractivity contribution in [3.63, 3.8) is 0 Å². The molecule has 0 radical (unpaired) electrons. The van der Waals surface area contributed by atoms with Gasteiger partial charge < -0.3 is 10.2 Å². The van der Waals surface area contributed by atoms with Crippen LogP contribution in [0.15, 0.2) is 42.7 Å². The van der Waals surface area contributed by atoms with E-state index in [1.165, 1.54) is 18.5 Å². The molecule has 1 fully saturated rings. The maximum atomic E-state index is 4.55. The van der Waals surface area contributed by atoms with Gasteiger partial charge in [-0.2, -0.15) is 0 Å². The number of benzene rings is 1. The minimum absolute atomic E-state index is 0.565. The van der Waals surface area contributed by atoms with Crippen LogP contribution in [0.4, 0.5) is 5.95 Å². The van der Waals surface area contributed by atoms with Crippen LogP contribution in [0.1, 0.15) is 12.8 Å². The van der Waals surface area contributed by atoms with E-state index >= 15 is 0 Å². The van der Waals surface area contributed by atoms with Crippen LogP contribution in [-0.4, -0.2) is 35.7 Å². The summed E-state index contributed by atoms with van der Waals surface area (Å²) in [4.78, 5) is 6.92. The van der Waals surface area contributed by atoms with E-state index < -0.39 is 0 Å². The molecule has 0 aliphatic carbocycles. The monoisotopic (exact) mass is 256 g/mol. The smallest absolute Gasteiger partial charge is 0.210 e. The van der Waals surface area contributed by atoms with Crippen LogP contribution in [0.25, 0.3) is 5.69 Å². The van der Waals surface area contributed by atoms with Gasteiger partial charge in [-0.05, 0) is 32.0 Å². The molecule has 2 aromatic rings. The first kappa shape index (κ1) is 12.2. The Hall–Kier alpha value is -1.81. The number of nitrogens with zero attached hydrogens (tertiary/aromatic N) is 3. The number of piperidine rings is 1. The number of hydrogen-bond acceptors (Lipinski definition) is 3. The van der Waals surface area contributed by atoms with Gasteiger partial charge in [0, 0.05) is 37.2 Å². The molecule has 1 aliphatic rings. The molecule has 1 atom stereocenters. The Morgan fingerprint density at radius 3 is 2.89 bits per heavy atom. The van der Waals surface area contributed by atoms with E-state index in [4.69, 9.17) is 0 Å². The highest BCUT2D eigenvalue weighted by Crippen LogP contribution is 2.21. The summed E-state index contributed by atoms with van der Waals surface area (Å²) in [6.07, 6.45) is 6.38. The van der Waals surface area contributed by atoms with Gasteiger partial charge in [0.15, 0.2) is 0 Å². The van der Waals surface area contributed by atoms with Crippen molar-refractivity contribution in [2.45, 2.75) is 18.9 Å². The third-order valence-electron chi connectivity index (χ3n) is 3.77. The molecule has 1 N–H and O–H groups in total. The lowest BCUT2D eigenvalue weighted by Crippen LogP contribution is -2.45. The summed E-state index contributed by atoms with van der Waals surface area (Å²) in [5.41, 5.74) is 1.17. The molecule has 1 aliphatic heterocycles. The first-order chi connectivity index (χ1) is 9.38. The second-order valence-electron chi connectivity index (χ2n) is 5.01.